The van der Waals surface area contributed by atoms with Crippen molar-refractivity contribution in [1.82, 2.24) is 9.97 Å². The first-order chi connectivity index (χ1) is 12.7. The van der Waals surface area contributed by atoms with Gasteiger partial charge in [0.1, 0.15) is 17.7 Å². The van der Waals surface area contributed by atoms with E-state index in [-0.39, 0.29) is 6.10 Å². The summed E-state index contributed by atoms with van der Waals surface area (Å²) in [4.78, 5) is 7.56. The number of ether oxygens (including phenoxy) is 1. The number of nitrogens with zero attached hydrogens (tertiary/aromatic N) is 1. The molecule has 1 unspecified atom stereocenters. The molecule has 4 heteroatoms. The molecule has 0 aliphatic rings. The van der Waals surface area contributed by atoms with Crippen LogP contribution in [0.3, 0.4) is 0 Å². The van der Waals surface area contributed by atoms with Crippen LogP contribution in [-0.2, 0) is 6.42 Å². The lowest BCUT2D eigenvalue weighted by atomic mass is 10.0. The molecule has 3 aromatic carbocycles. The minimum Gasteiger partial charge on any atom is -0.485 e. The summed E-state index contributed by atoms with van der Waals surface area (Å²) in [5.41, 5.74) is 2.29. The summed E-state index contributed by atoms with van der Waals surface area (Å²) in [5, 5.41) is 2.44. The number of halogens is 1. The van der Waals surface area contributed by atoms with Crippen LogP contribution >= 0.6 is 15.9 Å². The summed E-state index contributed by atoms with van der Waals surface area (Å²) in [5.74, 6) is 1.77. The van der Waals surface area contributed by atoms with Gasteiger partial charge >= 0.3 is 0 Å². The standard InChI is InChI=1S/C22H19BrN2O/c1-15-12-19(8-9-20(15)23)26-21(14-22-24-10-11-25-22)18-7-6-16-4-2-3-5-17(16)13-18/h2-13,21H,14H2,1H3,(H,24,25). The molecule has 0 aliphatic carbocycles. The number of aryl methyl sites for hydroxylation is 1. The molecule has 3 nitrogen and oxygen atoms in total. The summed E-state index contributed by atoms with van der Waals surface area (Å²) >= 11 is 3.55. The first kappa shape index (κ1) is 16.9. The molecule has 0 fully saturated rings. The molecule has 1 N–H and O–H groups in total. The number of H-pyrrole nitrogens is 1. The number of aromatic amines is 1. The summed E-state index contributed by atoms with van der Waals surface area (Å²) in [6.07, 6.45) is 4.18. The lowest BCUT2D eigenvalue weighted by Crippen LogP contribution is -2.12. The molecule has 130 valence electrons. The second-order valence-electron chi connectivity index (χ2n) is 6.36. The molecule has 4 aromatic rings. The average Bonchev–Trinajstić information content (AvgIpc) is 3.17. The Bertz CT molecular complexity index is 1030. The quantitative estimate of drug-likeness (QED) is 0.441. The Morgan fingerprint density at radius 3 is 2.65 bits per heavy atom. The van der Waals surface area contributed by atoms with Crippen molar-refractivity contribution in [2.75, 3.05) is 0 Å². The molecular formula is C22H19BrN2O. The van der Waals surface area contributed by atoms with Crippen molar-refractivity contribution in [1.29, 1.82) is 0 Å². The zero-order chi connectivity index (χ0) is 17.9. The Hall–Kier alpha value is -2.59. The van der Waals surface area contributed by atoms with Crippen LogP contribution < -0.4 is 4.74 Å². The maximum atomic E-state index is 6.38. The zero-order valence-corrected chi connectivity index (χ0v) is 16.0. The minimum absolute atomic E-state index is 0.119. The zero-order valence-electron chi connectivity index (χ0n) is 14.4. The van der Waals surface area contributed by atoms with E-state index in [1.54, 1.807) is 6.20 Å². The molecule has 1 heterocycles. The Balaban J connectivity index is 1.69. The van der Waals surface area contributed by atoms with Crippen molar-refractivity contribution in [2.45, 2.75) is 19.4 Å². The number of fused-ring (bicyclic) bond motifs is 1. The summed E-state index contributed by atoms with van der Waals surface area (Å²) in [7, 11) is 0. The highest BCUT2D eigenvalue weighted by Crippen LogP contribution is 2.29. The van der Waals surface area contributed by atoms with Gasteiger partial charge in [-0.05, 0) is 53.1 Å². The topological polar surface area (TPSA) is 37.9 Å². The number of benzene rings is 3. The molecule has 0 spiro atoms. The molecule has 0 bridgehead atoms. The van der Waals surface area contributed by atoms with E-state index >= 15 is 0 Å². The Morgan fingerprint density at radius 1 is 1.04 bits per heavy atom. The van der Waals surface area contributed by atoms with Gasteiger partial charge in [0, 0.05) is 23.3 Å². The molecular weight excluding hydrogens is 388 g/mol. The van der Waals surface area contributed by atoms with Crippen LogP contribution in [0.4, 0.5) is 0 Å². The highest BCUT2D eigenvalue weighted by molar-refractivity contribution is 9.10. The van der Waals surface area contributed by atoms with Gasteiger partial charge in [-0.25, -0.2) is 4.98 Å². The van der Waals surface area contributed by atoms with Gasteiger partial charge < -0.3 is 9.72 Å². The maximum Gasteiger partial charge on any atom is 0.131 e. The normalized spacial score (nSPS) is 12.2. The smallest absolute Gasteiger partial charge is 0.131 e. The van der Waals surface area contributed by atoms with Gasteiger partial charge in [0.15, 0.2) is 0 Å². The van der Waals surface area contributed by atoms with Crippen LogP contribution in [0.1, 0.15) is 23.1 Å². The van der Waals surface area contributed by atoms with Gasteiger partial charge in [-0.15, -0.1) is 0 Å². The predicted octanol–water partition coefficient (Wildman–Crippen LogP) is 6.00. The molecule has 0 radical (unpaired) electrons. The van der Waals surface area contributed by atoms with Crippen molar-refractivity contribution < 1.29 is 4.74 Å². The molecule has 26 heavy (non-hydrogen) atoms. The Kier molecular flexibility index (Phi) is 4.76. The van der Waals surface area contributed by atoms with Gasteiger partial charge in [-0.1, -0.05) is 52.3 Å². The molecule has 0 saturated heterocycles. The number of rotatable bonds is 5. The van der Waals surface area contributed by atoms with Crippen molar-refractivity contribution in [2.24, 2.45) is 0 Å². The minimum atomic E-state index is -0.119. The van der Waals surface area contributed by atoms with Gasteiger partial charge in [0.05, 0.1) is 0 Å². The molecule has 1 aromatic heterocycles. The third-order valence-corrected chi connectivity index (χ3v) is 5.38. The second kappa shape index (κ2) is 7.34. The van der Waals surface area contributed by atoms with Crippen LogP contribution in [0, 0.1) is 6.92 Å². The fourth-order valence-corrected chi connectivity index (χ4v) is 3.32. The number of nitrogens with one attached hydrogen (secondary N) is 1. The van der Waals surface area contributed by atoms with E-state index in [9.17, 15) is 0 Å². The third kappa shape index (κ3) is 3.65. The average molecular weight is 407 g/mol. The first-order valence-corrected chi connectivity index (χ1v) is 9.38. The van der Waals surface area contributed by atoms with E-state index in [0.29, 0.717) is 6.42 Å². The van der Waals surface area contributed by atoms with Crippen LogP contribution in [0.25, 0.3) is 10.8 Å². The largest absolute Gasteiger partial charge is 0.485 e. The molecule has 0 amide bonds. The molecule has 4 rings (SSSR count). The van der Waals surface area contributed by atoms with Crippen molar-refractivity contribution >= 4 is 26.7 Å². The van der Waals surface area contributed by atoms with Crippen molar-refractivity contribution in [3.05, 3.63) is 94.5 Å². The van der Waals surface area contributed by atoms with Crippen LogP contribution in [0.15, 0.2) is 77.5 Å². The van der Waals surface area contributed by atoms with E-state index in [1.165, 1.54) is 10.8 Å². The lowest BCUT2D eigenvalue weighted by molar-refractivity contribution is 0.203. The molecule has 0 aliphatic heterocycles. The van der Waals surface area contributed by atoms with Gasteiger partial charge in [0.25, 0.3) is 0 Å². The number of aromatic nitrogens is 2. The van der Waals surface area contributed by atoms with E-state index < -0.39 is 0 Å². The number of hydrogen-bond donors (Lipinski definition) is 1. The third-order valence-electron chi connectivity index (χ3n) is 4.49. The molecule has 1 atom stereocenters. The van der Waals surface area contributed by atoms with Gasteiger partial charge in [0.2, 0.25) is 0 Å². The van der Waals surface area contributed by atoms with Crippen LogP contribution in [-0.4, -0.2) is 9.97 Å². The van der Waals surface area contributed by atoms with E-state index in [1.807, 2.05) is 18.3 Å². The lowest BCUT2D eigenvalue weighted by Gasteiger charge is -2.20. The fourth-order valence-electron chi connectivity index (χ4n) is 3.08. The first-order valence-electron chi connectivity index (χ1n) is 8.59. The number of hydrogen-bond acceptors (Lipinski definition) is 2. The van der Waals surface area contributed by atoms with Gasteiger partial charge in [-0.3, -0.25) is 0 Å². The van der Waals surface area contributed by atoms with Gasteiger partial charge in [-0.2, -0.15) is 0 Å². The Labute approximate surface area is 161 Å². The van der Waals surface area contributed by atoms with E-state index in [2.05, 4.69) is 81.4 Å². The Morgan fingerprint density at radius 2 is 1.88 bits per heavy atom. The highest BCUT2D eigenvalue weighted by Gasteiger charge is 2.17. The highest BCUT2D eigenvalue weighted by atomic mass is 79.9. The summed E-state index contributed by atoms with van der Waals surface area (Å²) in [6.45, 7) is 2.06. The van der Waals surface area contributed by atoms with E-state index in [0.717, 1.165) is 27.2 Å². The maximum absolute atomic E-state index is 6.38. The van der Waals surface area contributed by atoms with Crippen LogP contribution in [0.5, 0.6) is 5.75 Å². The van der Waals surface area contributed by atoms with Crippen molar-refractivity contribution in [3.63, 3.8) is 0 Å². The second-order valence-corrected chi connectivity index (χ2v) is 7.22. The summed E-state index contributed by atoms with van der Waals surface area (Å²) in [6, 6.07) is 20.9. The summed E-state index contributed by atoms with van der Waals surface area (Å²) < 4.78 is 7.46. The predicted molar refractivity (Wildman–Crippen MR) is 108 cm³/mol. The molecule has 0 saturated carbocycles. The van der Waals surface area contributed by atoms with Crippen LogP contribution in [0.2, 0.25) is 0 Å². The number of imidazole rings is 1. The fraction of sp³-hybridized carbons (Fsp3) is 0.136. The SMILES string of the molecule is Cc1cc(OC(Cc2ncc[nH]2)c2ccc3ccccc3c2)ccc1Br. The monoisotopic (exact) mass is 406 g/mol. The van der Waals surface area contributed by atoms with Crippen molar-refractivity contribution in [3.8, 4) is 5.75 Å². The van der Waals surface area contributed by atoms with E-state index in [4.69, 9.17) is 4.74 Å².